The molecule has 1 heterocycles. The Morgan fingerprint density at radius 2 is 1.95 bits per heavy atom. The van der Waals surface area contributed by atoms with Crippen LogP contribution in [0.2, 0.25) is 5.02 Å². The maximum absolute atomic E-state index is 12.2. The lowest BCUT2D eigenvalue weighted by Gasteiger charge is -2.08. The lowest BCUT2D eigenvalue weighted by molar-refractivity contribution is -0.384. The number of carbonyl (C=O) groups is 1. The molecule has 1 amide bonds. The Morgan fingerprint density at radius 1 is 1.19 bits per heavy atom. The highest BCUT2D eigenvalue weighted by Crippen LogP contribution is 2.29. The Hall–Kier alpha value is -4.08. The number of fused-ring (bicyclic) bond motifs is 1. The van der Waals surface area contributed by atoms with Gasteiger partial charge >= 0.3 is 0 Å². The summed E-state index contributed by atoms with van der Waals surface area (Å²) in [6.07, 6.45) is 3.71. The Balaban J connectivity index is 1.37. The van der Waals surface area contributed by atoms with Crippen LogP contribution in [0.1, 0.15) is 37.3 Å². The predicted molar refractivity (Wildman–Crippen MR) is 150 cm³/mol. The molecule has 2 N–H and O–H groups in total. The summed E-state index contributed by atoms with van der Waals surface area (Å²) in [5, 5.41) is 16.6. The van der Waals surface area contributed by atoms with Gasteiger partial charge in [0.2, 0.25) is 11.8 Å². The molecule has 0 saturated carbocycles. The van der Waals surface area contributed by atoms with Crippen molar-refractivity contribution in [2.24, 2.45) is 0 Å². The number of hydrogen-bond acceptors (Lipinski definition) is 6. The van der Waals surface area contributed by atoms with E-state index in [4.69, 9.17) is 28.2 Å². The molecule has 0 fully saturated rings. The van der Waals surface area contributed by atoms with Crippen molar-refractivity contribution in [1.29, 1.82) is 0 Å². The Bertz CT molecular complexity index is 1510. The van der Waals surface area contributed by atoms with E-state index in [9.17, 15) is 14.9 Å². The van der Waals surface area contributed by atoms with Crippen LogP contribution in [0.4, 0.5) is 11.4 Å². The van der Waals surface area contributed by atoms with Gasteiger partial charge in [0, 0.05) is 23.4 Å². The molecule has 1 aromatic heterocycles. The first-order chi connectivity index (χ1) is 17.7. The van der Waals surface area contributed by atoms with Crippen LogP contribution in [0.5, 0.6) is 0 Å². The predicted octanol–water partition coefficient (Wildman–Crippen LogP) is 7.10. The third kappa shape index (κ3) is 6.38. The third-order valence-electron chi connectivity index (χ3n) is 5.81. The molecule has 0 unspecified atom stereocenters. The summed E-state index contributed by atoms with van der Waals surface area (Å²) in [6, 6.07) is 17.6. The van der Waals surface area contributed by atoms with Gasteiger partial charge in [0.1, 0.15) is 10.5 Å². The number of halogens is 1. The van der Waals surface area contributed by atoms with Crippen molar-refractivity contribution in [2.75, 3.05) is 5.32 Å². The molecule has 0 aliphatic rings. The summed E-state index contributed by atoms with van der Waals surface area (Å²) in [4.78, 5) is 27.3. The maximum Gasteiger partial charge on any atom is 0.288 e. The van der Waals surface area contributed by atoms with Crippen molar-refractivity contribution in [3.05, 3.63) is 93.0 Å². The number of aromatic nitrogens is 1. The number of benzene rings is 3. The van der Waals surface area contributed by atoms with Crippen LogP contribution in [-0.2, 0) is 4.79 Å². The fourth-order valence-electron chi connectivity index (χ4n) is 3.57. The normalized spacial score (nSPS) is 12.0. The van der Waals surface area contributed by atoms with E-state index in [-0.39, 0.29) is 15.8 Å². The van der Waals surface area contributed by atoms with Gasteiger partial charge < -0.3 is 9.73 Å². The number of nitrogens with zero attached hydrogens (tertiary/aromatic N) is 2. The van der Waals surface area contributed by atoms with Crippen molar-refractivity contribution >= 4 is 63.4 Å². The second-order valence-electron chi connectivity index (χ2n) is 8.38. The zero-order valence-corrected chi connectivity index (χ0v) is 21.6. The van der Waals surface area contributed by atoms with E-state index in [1.165, 1.54) is 29.8 Å². The highest BCUT2D eigenvalue weighted by Gasteiger charge is 2.13. The van der Waals surface area contributed by atoms with Gasteiger partial charge in [-0.2, -0.15) is 0 Å². The first kappa shape index (κ1) is 26.0. The zero-order valence-electron chi connectivity index (χ0n) is 20.0. The number of rotatable bonds is 7. The molecule has 0 bridgehead atoms. The molecule has 0 aliphatic heterocycles. The lowest BCUT2D eigenvalue weighted by atomic mass is 9.98. The van der Waals surface area contributed by atoms with E-state index >= 15 is 0 Å². The number of hydrogen-bond donors (Lipinski definition) is 2. The van der Waals surface area contributed by atoms with Crippen LogP contribution in [0.25, 0.3) is 28.6 Å². The summed E-state index contributed by atoms with van der Waals surface area (Å²) in [7, 11) is 0. The molecule has 0 spiro atoms. The van der Waals surface area contributed by atoms with Gasteiger partial charge in [0.05, 0.1) is 4.92 Å². The van der Waals surface area contributed by atoms with Crippen LogP contribution in [0, 0.1) is 10.1 Å². The Kier molecular flexibility index (Phi) is 7.95. The summed E-state index contributed by atoms with van der Waals surface area (Å²) < 4.78 is 5.92. The smallest absolute Gasteiger partial charge is 0.288 e. The number of carbonyl (C=O) groups excluding carboxylic acids is 1. The Labute approximate surface area is 223 Å². The number of anilines is 1. The highest BCUT2D eigenvalue weighted by atomic mass is 35.5. The Morgan fingerprint density at radius 3 is 2.65 bits per heavy atom. The van der Waals surface area contributed by atoms with Gasteiger partial charge in [-0.25, -0.2) is 4.98 Å². The van der Waals surface area contributed by atoms with E-state index in [1.807, 2.05) is 18.2 Å². The number of thiocarbonyl (C=S) groups is 1. The van der Waals surface area contributed by atoms with Gasteiger partial charge in [-0.3, -0.25) is 20.2 Å². The van der Waals surface area contributed by atoms with Crippen molar-refractivity contribution in [3.8, 4) is 11.5 Å². The van der Waals surface area contributed by atoms with Crippen molar-refractivity contribution in [1.82, 2.24) is 10.3 Å². The van der Waals surface area contributed by atoms with Crippen LogP contribution in [-0.4, -0.2) is 20.9 Å². The fourth-order valence-corrected chi connectivity index (χ4v) is 3.97. The lowest BCUT2D eigenvalue weighted by Crippen LogP contribution is -2.32. The van der Waals surface area contributed by atoms with E-state index in [1.54, 1.807) is 18.2 Å². The highest BCUT2D eigenvalue weighted by molar-refractivity contribution is 7.80. The molecular formula is C27H23ClN4O4S. The summed E-state index contributed by atoms with van der Waals surface area (Å²) in [5.74, 6) is 0.481. The van der Waals surface area contributed by atoms with E-state index < -0.39 is 10.8 Å². The fraction of sp³-hybridized carbons (Fsp3) is 0.148. The topological polar surface area (TPSA) is 110 Å². The summed E-state index contributed by atoms with van der Waals surface area (Å²) in [5.41, 5.74) is 4.47. The first-order valence-electron chi connectivity index (χ1n) is 11.5. The second kappa shape index (κ2) is 11.3. The van der Waals surface area contributed by atoms with Gasteiger partial charge in [-0.15, -0.1) is 0 Å². The summed E-state index contributed by atoms with van der Waals surface area (Å²) in [6.45, 7) is 4.34. The monoisotopic (exact) mass is 534 g/mol. The largest absolute Gasteiger partial charge is 0.436 e. The number of oxazole rings is 1. The maximum atomic E-state index is 12.2. The molecule has 4 aromatic rings. The minimum Gasteiger partial charge on any atom is -0.436 e. The summed E-state index contributed by atoms with van der Waals surface area (Å²) >= 11 is 11.0. The number of amides is 1. The quantitative estimate of drug-likeness (QED) is 0.113. The number of nitro benzene ring substituents is 1. The van der Waals surface area contributed by atoms with Gasteiger partial charge in [-0.1, -0.05) is 37.6 Å². The van der Waals surface area contributed by atoms with Crippen LogP contribution in [0.15, 0.2) is 71.2 Å². The molecule has 8 nitrogen and oxygen atoms in total. The minimum atomic E-state index is -0.585. The van der Waals surface area contributed by atoms with E-state index in [0.717, 1.165) is 23.1 Å². The SMILES string of the molecule is CC[C@@H](C)c1ccc2oc(-c3ccc(NC(=S)NC(=O)/C=C/c4ccc(Cl)c([N+](=O)[O-])c4)cc3)nc2c1. The minimum absolute atomic E-state index is 0.0230. The molecule has 1 atom stereocenters. The average Bonchev–Trinajstić information content (AvgIpc) is 3.31. The van der Waals surface area contributed by atoms with E-state index in [0.29, 0.717) is 23.1 Å². The van der Waals surface area contributed by atoms with Crippen LogP contribution >= 0.6 is 23.8 Å². The number of nitrogens with one attached hydrogen (secondary N) is 2. The molecule has 37 heavy (non-hydrogen) atoms. The van der Waals surface area contributed by atoms with Gasteiger partial charge in [0.25, 0.3) is 5.69 Å². The van der Waals surface area contributed by atoms with Crippen molar-refractivity contribution in [2.45, 2.75) is 26.2 Å². The van der Waals surface area contributed by atoms with Gasteiger partial charge in [-0.05, 0) is 84.2 Å². The molecule has 0 radical (unpaired) electrons. The molecule has 188 valence electrons. The number of nitro groups is 1. The second-order valence-corrected chi connectivity index (χ2v) is 9.19. The standard InChI is InChI=1S/C27H23ClN4O4S/c1-3-16(2)19-8-12-24-22(15-19)30-26(36-24)18-6-9-20(10-7-18)29-27(37)31-25(33)13-5-17-4-11-21(28)23(14-17)32(34)35/h4-16H,3H2,1-2H3,(H2,29,31,33,37)/b13-5+/t16-/m1/s1. The zero-order chi connectivity index (χ0) is 26.5. The van der Waals surface area contributed by atoms with Crippen molar-refractivity contribution < 1.29 is 14.1 Å². The molecule has 0 saturated heterocycles. The molecular weight excluding hydrogens is 512 g/mol. The average molecular weight is 535 g/mol. The van der Waals surface area contributed by atoms with Crippen LogP contribution in [0.3, 0.4) is 0 Å². The third-order valence-corrected chi connectivity index (χ3v) is 6.34. The van der Waals surface area contributed by atoms with E-state index in [2.05, 4.69) is 41.6 Å². The molecule has 10 heteroatoms. The molecule has 4 rings (SSSR count). The molecule has 0 aliphatic carbocycles. The molecule has 3 aromatic carbocycles. The first-order valence-corrected chi connectivity index (χ1v) is 12.3. The van der Waals surface area contributed by atoms with Gasteiger partial charge in [0.15, 0.2) is 10.7 Å². The van der Waals surface area contributed by atoms with Crippen LogP contribution < -0.4 is 10.6 Å². The van der Waals surface area contributed by atoms with Crippen molar-refractivity contribution in [3.63, 3.8) is 0 Å².